The molecule has 1 heterocycles. The largest absolute Gasteiger partial charge is 0.493 e. The smallest absolute Gasteiger partial charge is 0.293 e. The topological polar surface area (TPSA) is 55.8 Å². The minimum Gasteiger partial charge on any atom is -0.493 e. The highest BCUT2D eigenvalue weighted by Gasteiger charge is 2.35. The monoisotopic (exact) mass is 643 g/mol. The lowest BCUT2D eigenvalue weighted by Gasteiger charge is -2.14. The van der Waals surface area contributed by atoms with Crippen LogP contribution in [0.15, 0.2) is 59.5 Å². The number of carbonyl (C=O) groups excluding carboxylic acids is 2. The van der Waals surface area contributed by atoms with Gasteiger partial charge < -0.3 is 9.47 Å². The van der Waals surface area contributed by atoms with Crippen LogP contribution in [0.3, 0.4) is 0 Å². The predicted molar refractivity (Wildman–Crippen MR) is 144 cm³/mol. The summed E-state index contributed by atoms with van der Waals surface area (Å²) < 4.78 is 26.0. The van der Waals surface area contributed by atoms with E-state index in [-0.39, 0.29) is 23.9 Å². The van der Waals surface area contributed by atoms with E-state index >= 15 is 0 Å². The zero-order valence-electron chi connectivity index (χ0n) is 18.2. The lowest BCUT2D eigenvalue weighted by molar-refractivity contribution is -0.123. The van der Waals surface area contributed by atoms with E-state index in [4.69, 9.17) is 32.7 Å². The van der Waals surface area contributed by atoms with Gasteiger partial charge >= 0.3 is 0 Å². The second-order valence-electron chi connectivity index (χ2n) is 7.42. The maximum Gasteiger partial charge on any atom is 0.293 e. The summed E-state index contributed by atoms with van der Waals surface area (Å²) in [6.45, 7) is 0.0756. The highest BCUT2D eigenvalue weighted by molar-refractivity contribution is 14.1. The average molecular weight is 644 g/mol. The summed E-state index contributed by atoms with van der Waals surface area (Å²) in [5.74, 6) is 0.110. The Balaban J connectivity index is 1.54. The van der Waals surface area contributed by atoms with Gasteiger partial charge in [0.1, 0.15) is 12.4 Å². The molecule has 2 amide bonds. The van der Waals surface area contributed by atoms with Gasteiger partial charge in [0.15, 0.2) is 11.5 Å². The fraction of sp³-hybridized carbons (Fsp3) is 0.120. The van der Waals surface area contributed by atoms with Crippen molar-refractivity contribution in [1.82, 2.24) is 4.90 Å². The number of nitrogens with zero attached hydrogens (tertiary/aromatic N) is 1. The second-order valence-corrected chi connectivity index (χ2v) is 10.4. The number of imide groups is 1. The van der Waals surface area contributed by atoms with E-state index in [0.29, 0.717) is 41.8 Å². The molecule has 0 atom stereocenters. The fourth-order valence-corrected chi connectivity index (χ4v) is 5.42. The number of amides is 2. The molecule has 0 bridgehead atoms. The molecule has 3 aromatic rings. The van der Waals surface area contributed by atoms with Gasteiger partial charge in [-0.25, -0.2) is 4.39 Å². The lowest BCUT2D eigenvalue weighted by Crippen LogP contribution is -2.27. The van der Waals surface area contributed by atoms with Crippen LogP contribution in [0.4, 0.5) is 9.18 Å². The third-order valence-electron chi connectivity index (χ3n) is 5.10. The Labute approximate surface area is 229 Å². The summed E-state index contributed by atoms with van der Waals surface area (Å²) in [7, 11) is 1.49. The zero-order chi connectivity index (χ0) is 25.1. The number of ether oxygens (including phenoxy) is 2. The maximum absolute atomic E-state index is 13.9. The number of thioether (sulfide) groups is 1. The molecule has 10 heteroatoms. The van der Waals surface area contributed by atoms with E-state index in [1.165, 1.54) is 13.2 Å². The number of methoxy groups -OCH3 is 1. The van der Waals surface area contributed by atoms with E-state index in [0.717, 1.165) is 16.7 Å². The van der Waals surface area contributed by atoms with Crippen molar-refractivity contribution in [2.75, 3.05) is 7.11 Å². The van der Waals surface area contributed by atoms with Crippen LogP contribution in [0, 0.1) is 9.39 Å². The molecule has 1 fully saturated rings. The molecule has 0 radical (unpaired) electrons. The molecule has 0 unspecified atom stereocenters. The molecule has 3 aromatic carbocycles. The van der Waals surface area contributed by atoms with E-state index < -0.39 is 11.1 Å². The highest BCUT2D eigenvalue weighted by atomic mass is 127. The molecule has 5 nitrogen and oxygen atoms in total. The van der Waals surface area contributed by atoms with Crippen LogP contribution in [0.1, 0.15) is 16.7 Å². The first-order chi connectivity index (χ1) is 16.8. The third kappa shape index (κ3) is 5.94. The average Bonchev–Trinajstić information content (AvgIpc) is 3.08. The molecule has 0 aromatic heterocycles. The lowest BCUT2D eigenvalue weighted by atomic mass is 10.1. The molecule has 0 N–H and O–H groups in total. The fourth-order valence-electron chi connectivity index (χ4n) is 3.34. The number of benzene rings is 3. The summed E-state index contributed by atoms with van der Waals surface area (Å²) in [6.07, 6.45) is 1.62. The van der Waals surface area contributed by atoms with Crippen LogP contribution in [0.5, 0.6) is 11.5 Å². The number of hydrogen-bond acceptors (Lipinski definition) is 5. The molecule has 0 saturated carbocycles. The highest BCUT2D eigenvalue weighted by Crippen LogP contribution is 2.38. The van der Waals surface area contributed by atoms with Crippen LogP contribution in [-0.4, -0.2) is 23.2 Å². The zero-order valence-corrected chi connectivity index (χ0v) is 22.7. The number of rotatable bonds is 7. The minimum atomic E-state index is -0.417. The van der Waals surface area contributed by atoms with Gasteiger partial charge in [-0.05, 0) is 81.9 Å². The summed E-state index contributed by atoms with van der Waals surface area (Å²) in [5, 5.41) is 0.460. The second kappa shape index (κ2) is 11.2. The molecule has 0 aliphatic carbocycles. The Kier molecular flexibility index (Phi) is 8.26. The van der Waals surface area contributed by atoms with Crippen molar-refractivity contribution in [1.29, 1.82) is 0 Å². The van der Waals surface area contributed by atoms with Gasteiger partial charge in [0.25, 0.3) is 11.1 Å². The van der Waals surface area contributed by atoms with E-state index in [1.807, 2.05) is 0 Å². The van der Waals surface area contributed by atoms with Gasteiger partial charge in [-0.2, -0.15) is 0 Å². The van der Waals surface area contributed by atoms with Gasteiger partial charge in [0.2, 0.25) is 0 Å². The van der Waals surface area contributed by atoms with Crippen LogP contribution in [-0.2, 0) is 17.9 Å². The normalized spacial score (nSPS) is 14.7. The molecule has 180 valence electrons. The van der Waals surface area contributed by atoms with Gasteiger partial charge in [-0.15, -0.1) is 0 Å². The molecule has 0 spiro atoms. The van der Waals surface area contributed by atoms with Crippen molar-refractivity contribution >= 4 is 74.8 Å². The van der Waals surface area contributed by atoms with Crippen molar-refractivity contribution in [3.63, 3.8) is 0 Å². The SMILES string of the molecule is COc1cc(/C=C2/SC(=O)N(Cc3ccc(Cl)cc3Cl)C2=O)cc(I)c1OCc1ccccc1F. The van der Waals surface area contributed by atoms with Gasteiger partial charge in [0, 0.05) is 15.6 Å². The van der Waals surface area contributed by atoms with Crippen LogP contribution >= 0.6 is 57.6 Å². The van der Waals surface area contributed by atoms with Gasteiger partial charge in [-0.1, -0.05) is 47.5 Å². The Bertz CT molecular complexity index is 1350. The Morgan fingerprint density at radius 2 is 1.86 bits per heavy atom. The van der Waals surface area contributed by atoms with Crippen molar-refractivity contribution in [3.8, 4) is 11.5 Å². The van der Waals surface area contributed by atoms with E-state index in [1.54, 1.807) is 54.6 Å². The molecule has 1 aliphatic heterocycles. The Hall–Kier alpha value is -2.27. The Morgan fingerprint density at radius 3 is 2.57 bits per heavy atom. The quantitative estimate of drug-likeness (QED) is 0.196. The first kappa shape index (κ1) is 25.8. The molecule has 4 rings (SSSR count). The summed E-state index contributed by atoms with van der Waals surface area (Å²) in [6, 6.07) is 14.8. The third-order valence-corrected chi connectivity index (χ3v) is 7.39. The number of carbonyl (C=O) groups is 2. The van der Waals surface area contributed by atoms with Crippen molar-refractivity contribution in [3.05, 3.63) is 95.6 Å². The van der Waals surface area contributed by atoms with Crippen LogP contribution in [0.25, 0.3) is 6.08 Å². The summed E-state index contributed by atoms with van der Waals surface area (Å²) >= 11 is 15.1. The van der Waals surface area contributed by atoms with E-state index in [2.05, 4.69) is 22.6 Å². The van der Waals surface area contributed by atoms with Crippen molar-refractivity contribution in [2.45, 2.75) is 13.2 Å². The summed E-state index contributed by atoms with van der Waals surface area (Å²) in [4.78, 5) is 26.9. The predicted octanol–water partition coefficient (Wildman–Crippen LogP) is 7.56. The van der Waals surface area contributed by atoms with Crippen LogP contribution in [0.2, 0.25) is 10.0 Å². The molecule has 1 aliphatic rings. The van der Waals surface area contributed by atoms with E-state index in [9.17, 15) is 14.0 Å². The van der Waals surface area contributed by atoms with Crippen molar-refractivity contribution < 1.29 is 23.5 Å². The summed E-state index contributed by atoms with van der Waals surface area (Å²) in [5.41, 5.74) is 1.69. The van der Waals surface area contributed by atoms with Gasteiger partial charge in [-0.3, -0.25) is 14.5 Å². The molecule has 1 saturated heterocycles. The van der Waals surface area contributed by atoms with Gasteiger partial charge in [0.05, 0.1) is 22.1 Å². The van der Waals surface area contributed by atoms with Crippen LogP contribution < -0.4 is 9.47 Å². The number of hydrogen-bond donors (Lipinski definition) is 0. The maximum atomic E-state index is 13.9. The Morgan fingerprint density at radius 1 is 1.09 bits per heavy atom. The first-order valence-corrected chi connectivity index (χ1v) is 12.8. The molecular weight excluding hydrogens is 627 g/mol. The molecule has 35 heavy (non-hydrogen) atoms. The minimum absolute atomic E-state index is 0.0323. The number of halogens is 4. The van der Waals surface area contributed by atoms with Crippen molar-refractivity contribution in [2.24, 2.45) is 0 Å². The molecular formula is C25H17Cl2FINO4S. The first-order valence-electron chi connectivity index (χ1n) is 10.2. The standard InChI is InChI=1S/C25H17Cl2FINO4S/c1-33-21-9-14(8-20(29)23(21)34-13-16-4-2-3-5-19(16)28)10-22-24(31)30(25(32)35-22)12-15-6-7-17(26)11-18(15)27/h2-11H,12-13H2,1H3/b22-10+.